The van der Waals surface area contributed by atoms with Crippen LogP contribution in [-0.2, 0) is 0 Å². The smallest absolute Gasteiger partial charge is 0.229 e. The molecule has 124 valence electrons. The summed E-state index contributed by atoms with van der Waals surface area (Å²) in [5.41, 5.74) is 2.24. The molecule has 6 nitrogen and oxygen atoms in total. The van der Waals surface area contributed by atoms with E-state index in [1.54, 1.807) is 0 Å². The highest BCUT2D eigenvalue weighted by Crippen LogP contribution is 2.31. The molecule has 2 aromatic heterocycles. The van der Waals surface area contributed by atoms with Gasteiger partial charge in [-0.05, 0) is 33.6 Å². The Labute approximate surface area is 137 Å². The van der Waals surface area contributed by atoms with E-state index in [1.807, 2.05) is 13.8 Å². The Bertz CT molecular complexity index is 686. The van der Waals surface area contributed by atoms with Crippen molar-refractivity contribution >= 4 is 5.82 Å². The van der Waals surface area contributed by atoms with E-state index in [9.17, 15) is 0 Å². The fourth-order valence-electron chi connectivity index (χ4n) is 3.04. The maximum absolute atomic E-state index is 5.46. The third kappa shape index (κ3) is 3.21. The van der Waals surface area contributed by atoms with Crippen LogP contribution in [0.25, 0.3) is 0 Å². The maximum atomic E-state index is 5.46. The van der Waals surface area contributed by atoms with E-state index in [2.05, 4.69) is 45.8 Å². The predicted octanol–water partition coefficient (Wildman–Crippen LogP) is 3.29. The average molecular weight is 315 g/mol. The minimum atomic E-state index is 0.308. The van der Waals surface area contributed by atoms with Crippen molar-refractivity contribution in [3.63, 3.8) is 0 Å². The summed E-state index contributed by atoms with van der Waals surface area (Å²) in [4.78, 5) is 16.0. The molecule has 0 amide bonds. The Hall–Kier alpha value is -1.98. The first-order chi connectivity index (χ1) is 11.0. The zero-order valence-electron chi connectivity index (χ0n) is 14.6. The lowest BCUT2D eigenvalue weighted by atomic mass is 9.96. The van der Waals surface area contributed by atoms with Gasteiger partial charge in [0.15, 0.2) is 5.82 Å². The third-order valence-electron chi connectivity index (χ3n) is 4.59. The van der Waals surface area contributed by atoms with Gasteiger partial charge in [-0.1, -0.05) is 19.0 Å². The summed E-state index contributed by atoms with van der Waals surface area (Å²) in [6.45, 7) is 12.2. The van der Waals surface area contributed by atoms with Crippen molar-refractivity contribution in [2.24, 2.45) is 0 Å². The Morgan fingerprint density at radius 2 is 1.74 bits per heavy atom. The van der Waals surface area contributed by atoms with Crippen LogP contribution in [0, 0.1) is 20.8 Å². The number of anilines is 1. The first kappa shape index (κ1) is 15.9. The van der Waals surface area contributed by atoms with Crippen LogP contribution in [0.2, 0.25) is 0 Å². The summed E-state index contributed by atoms with van der Waals surface area (Å²) >= 11 is 0. The number of hydrogen-bond donors (Lipinski definition) is 0. The van der Waals surface area contributed by atoms with E-state index in [0.29, 0.717) is 11.8 Å². The van der Waals surface area contributed by atoms with Gasteiger partial charge in [-0.15, -0.1) is 0 Å². The van der Waals surface area contributed by atoms with E-state index in [-0.39, 0.29) is 0 Å². The van der Waals surface area contributed by atoms with Crippen LogP contribution >= 0.6 is 0 Å². The zero-order chi connectivity index (χ0) is 16.6. The fourth-order valence-corrected chi connectivity index (χ4v) is 3.04. The lowest BCUT2D eigenvalue weighted by Gasteiger charge is -2.32. The molecule has 0 bridgehead atoms. The van der Waals surface area contributed by atoms with Gasteiger partial charge in [-0.25, -0.2) is 9.97 Å². The van der Waals surface area contributed by atoms with Crippen molar-refractivity contribution in [2.45, 2.75) is 59.3 Å². The van der Waals surface area contributed by atoms with Crippen LogP contribution in [0.15, 0.2) is 4.52 Å². The molecule has 0 aromatic carbocycles. The largest absolute Gasteiger partial charge is 0.356 e. The average Bonchev–Trinajstić information content (AvgIpc) is 3.01. The van der Waals surface area contributed by atoms with Crippen molar-refractivity contribution in [3.8, 4) is 0 Å². The summed E-state index contributed by atoms with van der Waals surface area (Å²) in [6.07, 6.45) is 2.03. The van der Waals surface area contributed by atoms with E-state index in [1.165, 1.54) is 5.56 Å². The van der Waals surface area contributed by atoms with Crippen LogP contribution in [0.3, 0.4) is 0 Å². The van der Waals surface area contributed by atoms with Gasteiger partial charge in [-0.3, -0.25) is 0 Å². The highest BCUT2D eigenvalue weighted by atomic mass is 16.5. The summed E-state index contributed by atoms with van der Waals surface area (Å²) in [6, 6.07) is 0. The topological polar surface area (TPSA) is 67.9 Å². The molecule has 0 N–H and O–H groups in total. The molecule has 2 aromatic rings. The lowest BCUT2D eigenvalue weighted by molar-refractivity contribution is 0.325. The second-order valence-electron chi connectivity index (χ2n) is 6.71. The molecule has 3 rings (SSSR count). The van der Waals surface area contributed by atoms with Gasteiger partial charge in [-0.2, -0.15) is 4.98 Å². The Balaban J connectivity index is 1.71. The molecule has 1 saturated heterocycles. The molecule has 1 aliphatic heterocycles. The molecule has 0 radical (unpaired) electrons. The van der Waals surface area contributed by atoms with Gasteiger partial charge in [0.2, 0.25) is 5.89 Å². The van der Waals surface area contributed by atoms with Crippen molar-refractivity contribution < 1.29 is 4.52 Å². The number of hydrogen-bond acceptors (Lipinski definition) is 6. The molecule has 1 fully saturated rings. The number of aromatic nitrogens is 4. The number of nitrogens with zero attached hydrogens (tertiary/aromatic N) is 5. The second-order valence-corrected chi connectivity index (χ2v) is 6.71. The lowest BCUT2D eigenvalue weighted by Crippen LogP contribution is -2.34. The molecular weight excluding hydrogens is 290 g/mol. The van der Waals surface area contributed by atoms with Gasteiger partial charge in [0, 0.05) is 36.2 Å². The van der Waals surface area contributed by atoms with Crippen molar-refractivity contribution in [3.05, 3.63) is 28.8 Å². The first-order valence-electron chi connectivity index (χ1n) is 8.36. The van der Waals surface area contributed by atoms with Crippen LogP contribution in [0.1, 0.15) is 67.3 Å². The molecule has 3 heterocycles. The minimum Gasteiger partial charge on any atom is -0.356 e. The zero-order valence-corrected chi connectivity index (χ0v) is 14.6. The van der Waals surface area contributed by atoms with Crippen LogP contribution in [0.4, 0.5) is 5.82 Å². The molecule has 0 aliphatic carbocycles. The molecule has 0 atom stereocenters. The van der Waals surface area contributed by atoms with Crippen molar-refractivity contribution in [1.82, 2.24) is 20.1 Å². The Kier molecular flexibility index (Phi) is 4.33. The normalized spacial score (nSPS) is 16.3. The molecular formula is C17H25N5O. The molecule has 1 aliphatic rings. The van der Waals surface area contributed by atoms with Gasteiger partial charge in [0.1, 0.15) is 11.6 Å². The van der Waals surface area contributed by atoms with Crippen LogP contribution < -0.4 is 4.90 Å². The summed E-state index contributed by atoms with van der Waals surface area (Å²) in [5.74, 6) is 4.17. The highest BCUT2D eigenvalue weighted by Gasteiger charge is 2.27. The first-order valence-corrected chi connectivity index (χ1v) is 8.36. The number of rotatable bonds is 3. The summed E-state index contributed by atoms with van der Waals surface area (Å²) < 4.78 is 5.46. The highest BCUT2D eigenvalue weighted by molar-refractivity contribution is 5.48. The molecule has 0 unspecified atom stereocenters. The van der Waals surface area contributed by atoms with Crippen molar-refractivity contribution in [2.75, 3.05) is 18.0 Å². The third-order valence-corrected chi connectivity index (χ3v) is 4.59. The van der Waals surface area contributed by atoms with E-state index < -0.39 is 0 Å². The number of aryl methyl sites for hydroxylation is 2. The van der Waals surface area contributed by atoms with E-state index in [0.717, 1.165) is 55.0 Å². The quantitative estimate of drug-likeness (QED) is 0.865. The Morgan fingerprint density at radius 3 is 2.35 bits per heavy atom. The monoisotopic (exact) mass is 315 g/mol. The second kappa shape index (κ2) is 6.26. The van der Waals surface area contributed by atoms with E-state index in [4.69, 9.17) is 4.52 Å². The standard InChI is InChI=1S/C17H25N5O/c1-10(2)15-20-17(23-21-15)14-6-8-22(9-7-14)16-11(3)12(4)18-13(5)19-16/h10,14H,6-9H2,1-5H3. The van der Waals surface area contributed by atoms with Gasteiger partial charge in [0.05, 0.1) is 0 Å². The SMILES string of the molecule is Cc1nc(C)c(C)c(N2CCC(c3nc(C(C)C)no3)CC2)n1. The van der Waals surface area contributed by atoms with E-state index >= 15 is 0 Å². The van der Waals surface area contributed by atoms with Gasteiger partial charge in [0.25, 0.3) is 0 Å². The van der Waals surface area contributed by atoms with Crippen LogP contribution in [-0.4, -0.2) is 33.2 Å². The van der Waals surface area contributed by atoms with Crippen LogP contribution in [0.5, 0.6) is 0 Å². The molecule has 6 heteroatoms. The Morgan fingerprint density at radius 1 is 1.04 bits per heavy atom. The molecule has 0 saturated carbocycles. The summed E-state index contributed by atoms with van der Waals surface area (Å²) in [5, 5.41) is 4.09. The summed E-state index contributed by atoms with van der Waals surface area (Å²) in [7, 11) is 0. The molecule has 0 spiro atoms. The van der Waals surface area contributed by atoms with Gasteiger partial charge < -0.3 is 9.42 Å². The fraction of sp³-hybridized carbons (Fsp3) is 0.647. The number of piperidine rings is 1. The van der Waals surface area contributed by atoms with Crippen molar-refractivity contribution in [1.29, 1.82) is 0 Å². The molecule has 23 heavy (non-hydrogen) atoms. The predicted molar refractivity (Wildman–Crippen MR) is 88.8 cm³/mol. The van der Waals surface area contributed by atoms with Gasteiger partial charge >= 0.3 is 0 Å². The minimum absolute atomic E-state index is 0.308. The maximum Gasteiger partial charge on any atom is 0.229 e.